The third-order valence-electron chi connectivity index (χ3n) is 3.21. The molecule has 0 spiro atoms. The minimum atomic E-state index is -0.269. The van der Waals surface area contributed by atoms with Crippen LogP contribution in [0.5, 0.6) is 0 Å². The lowest BCUT2D eigenvalue weighted by Crippen LogP contribution is -2.22. The van der Waals surface area contributed by atoms with Crippen LogP contribution in [-0.2, 0) is 6.42 Å². The van der Waals surface area contributed by atoms with Gasteiger partial charge in [-0.05, 0) is 24.1 Å². The summed E-state index contributed by atoms with van der Waals surface area (Å²) in [5.74, 6) is -0.775. The molecule has 3 nitrogen and oxygen atoms in total. The molecule has 1 unspecified atom stereocenters. The third kappa shape index (κ3) is 2.08. The predicted octanol–water partition coefficient (Wildman–Crippen LogP) is 3.13. The van der Waals surface area contributed by atoms with Gasteiger partial charge in [-0.25, -0.2) is 9.07 Å². The number of carbonyl (C=O) groups excluding carboxylic acids is 1. The van der Waals surface area contributed by atoms with Crippen molar-refractivity contribution < 1.29 is 9.18 Å². The van der Waals surface area contributed by atoms with E-state index < -0.39 is 0 Å². The van der Waals surface area contributed by atoms with Crippen molar-refractivity contribution in [1.29, 1.82) is 0 Å². The quantitative estimate of drug-likeness (QED) is 0.845. The summed E-state index contributed by atoms with van der Waals surface area (Å²) in [5.41, 5.74) is 1.27. The average molecular weight is 277 g/mol. The van der Waals surface area contributed by atoms with Crippen LogP contribution < -0.4 is 0 Å². The van der Waals surface area contributed by atoms with Crippen LogP contribution in [0.15, 0.2) is 47.6 Å². The van der Waals surface area contributed by atoms with Crippen molar-refractivity contribution in [2.45, 2.75) is 12.3 Å². The van der Waals surface area contributed by atoms with Gasteiger partial charge in [0.25, 0.3) is 5.91 Å². The molecule has 0 aliphatic carbocycles. The number of aromatic nitrogens is 2. The molecule has 2 heterocycles. The van der Waals surface area contributed by atoms with Crippen LogP contribution in [0.2, 0.25) is 0 Å². The van der Waals surface area contributed by atoms with Gasteiger partial charge < -0.3 is 0 Å². The number of allylic oxidation sites excluding steroid dienone is 2. The molecule has 3 rings (SSSR count). The highest BCUT2D eigenvalue weighted by atomic mass is 35.5. The van der Waals surface area contributed by atoms with Crippen molar-refractivity contribution in [1.82, 2.24) is 9.78 Å². The molecule has 0 fully saturated rings. The normalized spacial score (nSPS) is 18.1. The highest BCUT2D eigenvalue weighted by Crippen LogP contribution is 2.34. The molecule has 96 valence electrons. The molecule has 1 aromatic heterocycles. The van der Waals surface area contributed by atoms with Gasteiger partial charge in [-0.15, -0.1) is 0 Å². The third-order valence-corrected chi connectivity index (χ3v) is 3.59. The Bertz CT molecular complexity index is 678. The maximum Gasteiger partial charge on any atom is 0.272 e. The summed E-state index contributed by atoms with van der Waals surface area (Å²) in [6.45, 7) is 0. The van der Waals surface area contributed by atoms with Crippen molar-refractivity contribution in [3.63, 3.8) is 0 Å². The molecule has 1 aliphatic heterocycles. The maximum atomic E-state index is 13.7. The van der Waals surface area contributed by atoms with E-state index in [1.807, 2.05) is 0 Å². The number of halogens is 2. The van der Waals surface area contributed by atoms with E-state index in [1.54, 1.807) is 30.5 Å². The van der Waals surface area contributed by atoms with E-state index in [-0.39, 0.29) is 17.6 Å². The molecular weight excluding hydrogens is 267 g/mol. The highest BCUT2D eigenvalue weighted by Gasteiger charge is 2.28. The van der Waals surface area contributed by atoms with Gasteiger partial charge in [0, 0.05) is 23.2 Å². The predicted molar refractivity (Wildman–Crippen MR) is 69.6 cm³/mol. The van der Waals surface area contributed by atoms with E-state index in [0.29, 0.717) is 22.7 Å². The van der Waals surface area contributed by atoms with Crippen molar-refractivity contribution in [3.8, 4) is 0 Å². The van der Waals surface area contributed by atoms with Gasteiger partial charge in [0.05, 0.1) is 5.69 Å². The van der Waals surface area contributed by atoms with Crippen LogP contribution in [0.25, 0.3) is 0 Å². The number of carbonyl (C=O) groups is 1. The van der Waals surface area contributed by atoms with E-state index in [9.17, 15) is 9.18 Å². The molecule has 0 saturated carbocycles. The molecular formula is C14H10ClFN2O. The molecule has 1 aromatic carbocycles. The Kier molecular flexibility index (Phi) is 2.95. The van der Waals surface area contributed by atoms with Gasteiger partial charge >= 0.3 is 0 Å². The smallest absolute Gasteiger partial charge is 0.267 e. The van der Waals surface area contributed by atoms with Crippen molar-refractivity contribution in [2.24, 2.45) is 0 Å². The fourth-order valence-corrected chi connectivity index (χ4v) is 2.55. The Labute approximate surface area is 114 Å². The lowest BCUT2D eigenvalue weighted by Gasteiger charge is -2.21. The second kappa shape index (κ2) is 4.63. The van der Waals surface area contributed by atoms with Gasteiger partial charge in [0.2, 0.25) is 0 Å². The second-order valence-corrected chi connectivity index (χ2v) is 4.82. The minimum Gasteiger partial charge on any atom is -0.267 e. The zero-order valence-corrected chi connectivity index (χ0v) is 10.6. The molecule has 0 amide bonds. The Morgan fingerprint density at radius 1 is 1.32 bits per heavy atom. The van der Waals surface area contributed by atoms with E-state index in [2.05, 4.69) is 5.10 Å². The van der Waals surface area contributed by atoms with E-state index in [0.717, 1.165) is 0 Å². The standard InChI is InChI=1S/C14H10ClFN2O/c15-11-8-14(19)18-13(5-6-17-18)10(11)7-9-3-1-2-4-12(9)16/h1-6,8,10H,7H2. The Morgan fingerprint density at radius 3 is 2.89 bits per heavy atom. The zero-order valence-electron chi connectivity index (χ0n) is 9.88. The molecule has 0 saturated heterocycles. The first-order valence-corrected chi connectivity index (χ1v) is 6.23. The largest absolute Gasteiger partial charge is 0.272 e. The average Bonchev–Trinajstić information content (AvgIpc) is 2.86. The first-order chi connectivity index (χ1) is 9.16. The fraction of sp³-hybridized carbons (Fsp3) is 0.143. The molecule has 19 heavy (non-hydrogen) atoms. The number of hydrogen-bond acceptors (Lipinski definition) is 2. The minimum absolute atomic E-state index is 0.237. The molecule has 1 aliphatic rings. The number of fused-ring (bicyclic) bond motifs is 1. The summed E-state index contributed by atoms with van der Waals surface area (Å²) in [4.78, 5) is 11.7. The van der Waals surface area contributed by atoms with Crippen molar-refractivity contribution >= 4 is 17.5 Å². The van der Waals surface area contributed by atoms with Gasteiger partial charge in [-0.2, -0.15) is 5.10 Å². The molecule has 0 N–H and O–H groups in total. The molecule has 0 radical (unpaired) electrons. The first-order valence-electron chi connectivity index (χ1n) is 5.85. The van der Waals surface area contributed by atoms with Gasteiger partial charge in [0.15, 0.2) is 0 Å². The fourth-order valence-electron chi connectivity index (χ4n) is 2.27. The zero-order chi connectivity index (χ0) is 13.4. The van der Waals surface area contributed by atoms with Crippen molar-refractivity contribution in [2.75, 3.05) is 0 Å². The van der Waals surface area contributed by atoms with E-state index >= 15 is 0 Å². The van der Waals surface area contributed by atoms with Crippen LogP contribution in [0.4, 0.5) is 4.39 Å². The summed E-state index contributed by atoms with van der Waals surface area (Å²) in [5, 5.41) is 4.37. The van der Waals surface area contributed by atoms with Crippen LogP contribution in [0.3, 0.4) is 0 Å². The summed E-state index contributed by atoms with van der Waals surface area (Å²) < 4.78 is 15.0. The summed E-state index contributed by atoms with van der Waals surface area (Å²) in [6.07, 6.45) is 3.29. The lowest BCUT2D eigenvalue weighted by molar-refractivity contribution is 0.0944. The molecule has 1 atom stereocenters. The van der Waals surface area contributed by atoms with Gasteiger partial charge in [-0.1, -0.05) is 29.8 Å². The molecule has 0 bridgehead atoms. The van der Waals surface area contributed by atoms with E-state index in [4.69, 9.17) is 11.6 Å². The topological polar surface area (TPSA) is 34.9 Å². The maximum absolute atomic E-state index is 13.7. The van der Waals surface area contributed by atoms with Crippen LogP contribution in [0.1, 0.15) is 22.0 Å². The number of hydrogen-bond donors (Lipinski definition) is 0. The Morgan fingerprint density at radius 2 is 2.11 bits per heavy atom. The van der Waals surface area contributed by atoms with Crippen molar-refractivity contribution in [3.05, 3.63) is 64.7 Å². The molecule has 2 aromatic rings. The SMILES string of the molecule is O=C1C=C(Cl)C(Cc2ccccc2F)c2ccnn21. The second-order valence-electron chi connectivity index (χ2n) is 4.38. The lowest BCUT2D eigenvalue weighted by atomic mass is 9.93. The van der Waals surface area contributed by atoms with Gasteiger partial charge in [0.1, 0.15) is 5.82 Å². The highest BCUT2D eigenvalue weighted by molar-refractivity contribution is 6.32. The number of nitrogens with zero attached hydrogens (tertiary/aromatic N) is 2. The van der Waals surface area contributed by atoms with Crippen LogP contribution in [0, 0.1) is 5.82 Å². The summed E-state index contributed by atoms with van der Waals surface area (Å²) in [6, 6.07) is 8.29. The summed E-state index contributed by atoms with van der Waals surface area (Å²) in [7, 11) is 0. The van der Waals surface area contributed by atoms with Gasteiger partial charge in [-0.3, -0.25) is 4.79 Å². The number of benzene rings is 1. The Hall–Kier alpha value is -1.94. The van der Waals surface area contributed by atoms with E-state index in [1.165, 1.54) is 16.8 Å². The van der Waals surface area contributed by atoms with Crippen LogP contribution in [-0.4, -0.2) is 15.7 Å². The summed E-state index contributed by atoms with van der Waals surface area (Å²) >= 11 is 6.14. The monoisotopic (exact) mass is 276 g/mol. The first kappa shape index (κ1) is 12.1. The van der Waals surface area contributed by atoms with Crippen LogP contribution >= 0.6 is 11.6 Å². The number of rotatable bonds is 2. The molecule has 5 heteroatoms. The Balaban J connectivity index is 1.99.